The van der Waals surface area contributed by atoms with E-state index in [-0.39, 0.29) is 12.8 Å². The fourth-order valence-corrected chi connectivity index (χ4v) is 1.62. The van der Waals surface area contributed by atoms with E-state index in [4.69, 9.17) is 21.1 Å². The second-order valence-corrected chi connectivity index (χ2v) is 4.29. The van der Waals surface area contributed by atoms with Crippen LogP contribution in [-0.4, -0.2) is 39.6 Å². The number of urea groups is 1. The van der Waals surface area contributed by atoms with Gasteiger partial charge in [0.15, 0.2) is 0 Å². The summed E-state index contributed by atoms with van der Waals surface area (Å²) < 4.78 is 9.92. The highest BCUT2D eigenvalue weighted by Gasteiger charge is 1.99. The van der Waals surface area contributed by atoms with E-state index in [9.17, 15) is 4.79 Å². The molecule has 2 N–H and O–H groups in total. The Kier molecular flexibility index (Phi) is 7.97. The first-order valence-corrected chi connectivity index (χ1v) is 6.43. The number of hydrogen-bond donors (Lipinski definition) is 2. The van der Waals surface area contributed by atoms with Crippen LogP contribution < -0.4 is 10.6 Å². The number of hydrogen-bond acceptors (Lipinski definition) is 3. The number of amides is 2. The molecule has 0 atom stereocenters. The average Bonchev–Trinajstić information content (AvgIpc) is 2.38. The molecule has 1 aromatic rings. The molecule has 5 nitrogen and oxygen atoms in total. The van der Waals surface area contributed by atoms with Crippen LogP contribution in [0, 0.1) is 0 Å². The minimum absolute atomic E-state index is 0.173. The molecule has 0 aliphatic rings. The van der Waals surface area contributed by atoms with Crippen molar-refractivity contribution >= 4 is 17.6 Å². The Morgan fingerprint density at radius 1 is 1.32 bits per heavy atom. The van der Waals surface area contributed by atoms with Crippen LogP contribution in [0.4, 0.5) is 4.79 Å². The summed E-state index contributed by atoms with van der Waals surface area (Å²) in [7, 11) is 1.60. The van der Waals surface area contributed by atoms with Gasteiger partial charge in [0.25, 0.3) is 0 Å². The molecular weight excluding hydrogens is 268 g/mol. The zero-order valence-electron chi connectivity index (χ0n) is 10.9. The first kappa shape index (κ1) is 15.8. The summed E-state index contributed by atoms with van der Waals surface area (Å²) in [5.74, 6) is 0. The van der Waals surface area contributed by atoms with E-state index >= 15 is 0 Å². The van der Waals surface area contributed by atoms with Gasteiger partial charge in [-0.25, -0.2) is 4.79 Å². The van der Waals surface area contributed by atoms with Crippen molar-refractivity contribution < 1.29 is 14.3 Å². The monoisotopic (exact) mass is 286 g/mol. The lowest BCUT2D eigenvalue weighted by Gasteiger charge is -2.08. The van der Waals surface area contributed by atoms with Crippen LogP contribution in [0.5, 0.6) is 0 Å². The van der Waals surface area contributed by atoms with Gasteiger partial charge in [-0.05, 0) is 24.1 Å². The topological polar surface area (TPSA) is 59.6 Å². The minimum Gasteiger partial charge on any atom is -0.382 e. The molecule has 0 radical (unpaired) electrons. The third-order valence-electron chi connectivity index (χ3n) is 2.35. The van der Waals surface area contributed by atoms with Crippen molar-refractivity contribution in [2.24, 2.45) is 0 Å². The number of carbonyl (C=O) groups is 1. The highest BCUT2D eigenvalue weighted by atomic mass is 35.5. The number of methoxy groups -OCH3 is 1. The molecule has 1 rings (SSSR count). The van der Waals surface area contributed by atoms with E-state index in [1.54, 1.807) is 7.11 Å². The second-order valence-electron chi connectivity index (χ2n) is 3.86. The summed E-state index contributed by atoms with van der Waals surface area (Å²) in [5, 5.41) is 6.02. The van der Waals surface area contributed by atoms with E-state index in [0.717, 1.165) is 12.0 Å². The lowest BCUT2D eigenvalue weighted by molar-refractivity contribution is 0.0643. The summed E-state index contributed by atoms with van der Waals surface area (Å²) in [6.45, 7) is 1.69. The molecular formula is C13H19ClN2O3. The number of halogens is 1. The van der Waals surface area contributed by atoms with Gasteiger partial charge in [-0.1, -0.05) is 23.7 Å². The Bertz CT molecular complexity index is 388. The first-order valence-electron chi connectivity index (χ1n) is 6.05. The summed E-state index contributed by atoms with van der Waals surface area (Å²) in [6, 6.07) is 7.32. The van der Waals surface area contributed by atoms with Crippen molar-refractivity contribution in [3.05, 3.63) is 34.9 Å². The molecule has 1 aromatic carbocycles. The maximum absolute atomic E-state index is 11.4. The van der Waals surface area contributed by atoms with Crippen LogP contribution in [-0.2, 0) is 15.9 Å². The van der Waals surface area contributed by atoms with Gasteiger partial charge in [0.1, 0.15) is 6.73 Å². The maximum Gasteiger partial charge on any atom is 0.316 e. The van der Waals surface area contributed by atoms with E-state index in [1.165, 1.54) is 0 Å². The van der Waals surface area contributed by atoms with Gasteiger partial charge in [0.2, 0.25) is 0 Å². The normalized spacial score (nSPS) is 10.2. The van der Waals surface area contributed by atoms with Crippen molar-refractivity contribution in [1.82, 2.24) is 10.6 Å². The summed E-state index contributed by atoms with van der Waals surface area (Å²) in [5.41, 5.74) is 1.09. The molecule has 0 unspecified atom stereocenters. The summed E-state index contributed by atoms with van der Waals surface area (Å²) >= 11 is 5.87. The van der Waals surface area contributed by atoms with Crippen LogP contribution in [0.2, 0.25) is 5.02 Å². The molecule has 0 aliphatic carbocycles. The third kappa shape index (κ3) is 7.66. The molecule has 0 saturated carbocycles. The van der Waals surface area contributed by atoms with E-state index < -0.39 is 0 Å². The van der Waals surface area contributed by atoms with Gasteiger partial charge in [-0.3, -0.25) is 0 Å². The molecule has 0 aromatic heterocycles. The first-order chi connectivity index (χ1) is 9.22. The molecule has 0 aliphatic heterocycles. The van der Waals surface area contributed by atoms with Crippen LogP contribution in [0.1, 0.15) is 5.56 Å². The van der Waals surface area contributed by atoms with Gasteiger partial charge in [-0.15, -0.1) is 0 Å². The largest absolute Gasteiger partial charge is 0.382 e. The van der Waals surface area contributed by atoms with Crippen molar-refractivity contribution in [3.8, 4) is 0 Å². The van der Waals surface area contributed by atoms with Crippen LogP contribution >= 0.6 is 11.6 Å². The van der Waals surface area contributed by atoms with Gasteiger partial charge in [0.05, 0.1) is 13.2 Å². The highest BCUT2D eigenvalue weighted by Crippen LogP contribution is 2.10. The predicted molar refractivity (Wildman–Crippen MR) is 74.4 cm³/mol. The third-order valence-corrected chi connectivity index (χ3v) is 2.59. The molecule has 0 bridgehead atoms. The summed E-state index contributed by atoms with van der Waals surface area (Å²) in [4.78, 5) is 11.4. The van der Waals surface area contributed by atoms with E-state index in [1.807, 2.05) is 24.3 Å². The average molecular weight is 287 g/mol. The molecule has 106 valence electrons. The molecule has 2 amide bonds. The van der Waals surface area contributed by atoms with E-state index in [0.29, 0.717) is 24.8 Å². The SMILES string of the molecule is COCCOCNC(=O)NCCc1cccc(Cl)c1. The fraction of sp³-hybridized carbons (Fsp3) is 0.462. The van der Waals surface area contributed by atoms with Crippen LogP contribution in [0.3, 0.4) is 0 Å². The van der Waals surface area contributed by atoms with Gasteiger partial charge in [-0.2, -0.15) is 0 Å². The number of benzene rings is 1. The number of carbonyl (C=O) groups excluding carboxylic acids is 1. The Morgan fingerprint density at radius 2 is 2.16 bits per heavy atom. The second kappa shape index (κ2) is 9.61. The predicted octanol–water partition coefficient (Wildman–Crippen LogP) is 1.80. The lowest BCUT2D eigenvalue weighted by atomic mass is 10.1. The zero-order chi connectivity index (χ0) is 13.9. The molecule has 0 heterocycles. The molecule has 0 saturated heterocycles. The summed E-state index contributed by atoms with van der Waals surface area (Å²) in [6.07, 6.45) is 0.735. The number of ether oxygens (including phenoxy) is 2. The van der Waals surface area contributed by atoms with Gasteiger partial charge >= 0.3 is 6.03 Å². The minimum atomic E-state index is -0.251. The Morgan fingerprint density at radius 3 is 2.89 bits per heavy atom. The Hall–Kier alpha value is -1.30. The van der Waals surface area contributed by atoms with E-state index in [2.05, 4.69) is 10.6 Å². The van der Waals surface area contributed by atoms with Crippen molar-refractivity contribution in [3.63, 3.8) is 0 Å². The van der Waals surface area contributed by atoms with Crippen molar-refractivity contribution in [2.45, 2.75) is 6.42 Å². The van der Waals surface area contributed by atoms with Crippen molar-refractivity contribution in [1.29, 1.82) is 0 Å². The van der Waals surface area contributed by atoms with Crippen molar-refractivity contribution in [2.75, 3.05) is 33.6 Å². The fourth-order valence-electron chi connectivity index (χ4n) is 1.41. The molecule has 0 spiro atoms. The lowest BCUT2D eigenvalue weighted by Crippen LogP contribution is -2.38. The van der Waals surface area contributed by atoms with Gasteiger partial charge in [0, 0.05) is 18.7 Å². The Balaban J connectivity index is 2.07. The molecule has 6 heteroatoms. The molecule has 0 fully saturated rings. The van der Waals surface area contributed by atoms with Gasteiger partial charge < -0.3 is 20.1 Å². The highest BCUT2D eigenvalue weighted by molar-refractivity contribution is 6.30. The number of nitrogens with one attached hydrogen (secondary N) is 2. The maximum atomic E-state index is 11.4. The quantitative estimate of drug-likeness (QED) is 0.566. The smallest absolute Gasteiger partial charge is 0.316 e. The molecule has 19 heavy (non-hydrogen) atoms. The Labute approximate surface area is 118 Å². The number of rotatable bonds is 8. The zero-order valence-corrected chi connectivity index (χ0v) is 11.7. The standard InChI is InChI=1S/C13H19ClN2O3/c1-18-7-8-19-10-16-13(17)15-6-5-11-3-2-4-12(14)9-11/h2-4,9H,5-8,10H2,1H3,(H2,15,16,17). The van der Waals surface area contributed by atoms with Crippen LogP contribution in [0.15, 0.2) is 24.3 Å². The van der Waals surface area contributed by atoms with Crippen LogP contribution in [0.25, 0.3) is 0 Å².